The first-order valence-corrected chi connectivity index (χ1v) is 30.9. The second-order valence-corrected chi connectivity index (χ2v) is 25.2. The van der Waals surface area contributed by atoms with Gasteiger partial charge in [-0.15, -0.1) is 5.10 Å². The largest absolute Gasteiger partial charge is 0.756 e. The molecule has 396 valence electrons. The monoisotopic (exact) mass is 1130 g/mol. The summed E-state index contributed by atoms with van der Waals surface area (Å²) in [7, 11) is -43.2. The summed E-state index contributed by atoms with van der Waals surface area (Å²) in [6.45, 7) is 0.645. The van der Waals surface area contributed by atoms with Gasteiger partial charge in [0.1, 0.15) is 24.2 Å². The van der Waals surface area contributed by atoms with Gasteiger partial charge >= 0.3 is 7.82 Å². The Morgan fingerprint density at radius 3 is 1.81 bits per heavy atom. The van der Waals surface area contributed by atoms with Crippen molar-refractivity contribution in [3.8, 4) is 0 Å². The number of hydrogen-bond acceptors (Lipinski definition) is 30. The number of imidazole rings is 1. The Bertz CT molecular complexity index is 2470. The molecule has 0 aromatic carbocycles. The van der Waals surface area contributed by atoms with Gasteiger partial charge in [-0.3, -0.25) is 45.7 Å². The zero-order valence-electron chi connectivity index (χ0n) is 36.3. The molecule has 1 aliphatic rings. The Kier molecular flexibility index (Phi) is 23.1. The molecule has 7 unspecified atom stereocenters. The van der Waals surface area contributed by atoms with Crippen molar-refractivity contribution >= 4 is 71.7 Å². The number of anilines is 1. The van der Waals surface area contributed by atoms with Gasteiger partial charge in [-0.2, -0.15) is 0 Å². The molecule has 0 aliphatic carbocycles. The minimum atomic E-state index is -6.90. The zero-order chi connectivity index (χ0) is 51.2. The van der Waals surface area contributed by atoms with Crippen LogP contribution in [0.1, 0.15) is 95.9 Å². The number of hydrogen-bond donors (Lipinski definition) is 3. The maximum atomic E-state index is 12.2. The van der Waals surface area contributed by atoms with Crippen molar-refractivity contribution in [1.82, 2.24) is 34.5 Å². The van der Waals surface area contributed by atoms with Crippen LogP contribution in [-0.2, 0) is 89.3 Å². The highest BCUT2D eigenvalue weighted by Gasteiger charge is 2.38. The number of phosphoric ester groups is 3. The Morgan fingerprint density at radius 2 is 1.22 bits per heavy atom. The number of unbranched alkanes of at least 4 members (excludes halogenated alkanes) is 9. The Labute approximate surface area is 393 Å². The fourth-order valence-electron chi connectivity index (χ4n) is 6.14. The van der Waals surface area contributed by atoms with Gasteiger partial charge in [0.15, 0.2) is 11.5 Å². The van der Waals surface area contributed by atoms with Crippen LogP contribution >= 0.6 is 54.8 Å². The number of phosphoric acid groups is 7. The molecule has 10 atom stereocenters. The summed E-state index contributed by atoms with van der Waals surface area (Å²) in [4.78, 5) is 93.4. The van der Waals surface area contributed by atoms with E-state index in [1.807, 2.05) is 6.20 Å². The summed E-state index contributed by atoms with van der Waals surface area (Å²) < 4.78 is 128. The lowest BCUT2D eigenvalue weighted by atomic mass is 10.1. The molecule has 3 aromatic rings. The predicted octanol–water partition coefficient (Wildman–Crippen LogP) is 1.26. The number of nitrogens with zero attached hydrogens (tertiary/aromatic N) is 7. The standard InChI is InChI=1S/C29H55N8O25P7/c1-2-53-63(39,40)54-17-13-10-14-23-19-36(35-34-23)15-11-8-6-4-3-5-7-9-12-16-55-64(41,42)58-66(45,46)60-68(49,50)62-69(51,52)61-67(47,48)59-65(43,44)56-20-25-24(38)18-26(57-25)37-22-33-27-28(30)31-21-32-29(27)37/h19,21-22,24-26,38H,2-18,20H2,1H3,(H,39,40)(H,41,42)(H,43,44)(H,45,46)(H,47,48)(H,49,50)(H,51,52)(H2,30,31,32)/p-6/t24-,25-,26-/m1/s1. The Hall–Kier alpha value is -1.62. The number of ether oxygens (including phenoxy) is 1. The molecule has 4 heterocycles. The minimum absolute atomic E-state index is 0.0139. The summed E-state index contributed by atoms with van der Waals surface area (Å²) in [6, 6.07) is 0. The number of aromatic nitrogens is 7. The fourth-order valence-corrected chi connectivity index (χ4v) is 14.4. The number of rotatable bonds is 35. The van der Waals surface area contributed by atoms with Crippen molar-refractivity contribution in [2.24, 2.45) is 0 Å². The summed E-state index contributed by atoms with van der Waals surface area (Å²) in [5.41, 5.74) is 6.86. The molecule has 4 rings (SSSR count). The lowest BCUT2D eigenvalue weighted by Crippen LogP contribution is -2.27. The van der Waals surface area contributed by atoms with E-state index >= 15 is 0 Å². The van der Waals surface area contributed by atoms with Crippen molar-refractivity contribution in [2.45, 2.75) is 115 Å². The van der Waals surface area contributed by atoms with E-state index < -0.39 is 86.4 Å². The Balaban J connectivity index is 1.06. The number of aliphatic hydroxyl groups is 1. The number of aliphatic hydroxyl groups excluding tert-OH is 1. The molecule has 1 aliphatic heterocycles. The van der Waals surface area contributed by atoms with Gasteiger partial charge in [-0.25, -0.2) is 41.1 Å². The van der Waals surface area contributed by atoms with Crippen molar-refractivity contribution in [1.29, 1.82) is 0 Å². The average molecular weight is 1130 g/mol. The van der Waals surface area contributed by atoms with Crippen LogP contribution in [0.25, 0.3) is 11.2 Å². The van der Waals surface area contributed by atoms with E-state index in [1.54, 1.807) is 11.6 Å². The molecule has 0 saturated carbocycles. The third-order valence-electron chi connectivity index (χ3n) is 9.04. The van der Waals surface area contributed by atoms with Crippen molar-refractivity contribution < 1.29 is 116 Å². The first-order chi connectivity index (χ1) is 32.1. The van der Waals surface area contributed by atoms with Crippen LogP contribution in [0.3, 0.4) is 0 Å². The molecule has 0 bridgehead atoms. The predicted molar refractivity (Wildman–Crippen MR) is 219 cm³/mol. The second kappa shape index (κ2) is 26.5. The number of aryl methyl sites for hydroxylation is 2. The summed E-state index contributed by atoms with van der Waals surface area (Å²) >= 11 is 0. The molecule has 1 fully saturated rings. The van der Waals surface area contributed by atoms with Crippen LogP contribution in [0.15, 0.2) is 18.9 Å². The molecule has 0 amide bonds. The maximum absolute atomic E-state index is 12.2. The van der Waals surface area contributed by atoms with Crippen LogP contribution in [0.5, 0.6) is 0 Å². The highest BCUT2D eigenvalue weighted by Crippen LogP contribution is 2.70. The first kappa shape index (κ1) is 59.9. The highest BCUT2D eigenvalue weighted by molar-refractivity contribution is 7.71. The van der Waals surface area contributed by atoms with Crippen molar-refractivity contribution in [3.63, 3.8) is 0 Å². The second-order valence-electron chi connectivity index (χ2n) is 14.6. The molecule has 40 heteroatoms. The maximum Gasteiger partial charge on any atom is 0.472 e. The quantitative estimate of drug-likeness (QED) is 0.0551. The van der Waals surface area contributed by atoms with Gasteiger partial charge < -0.3 is 58.9 Å². The summed E-state index contributed by atoms with van der Waals surface area (Å²) in [5, 5.41) is 18.6. The van der Waals surface area contributed by atoms with Gasteiger partial charge in [0.05, 0.1) is 44.6 Å². The first-order valence-electron chi connectivity index (χ1n) is 20.6. The van der Waals surface area contributed by atoms with Crippen LogP contribution in [0, 0.1) is 0 Å². The van der Waals surface area contributed by atoms with E-state index in [-0.39, 0.29) is 43.0 Å². The van der Waals surface area contributed by atoms with Gasteiger partial charge in [0.25, 0.3) is 46.9 Å². The lowest BCUT2D eigenvalue weighted by molar-refractivity contribution is -0.256. The Morgan fingerprint density at radius 1 is 0.696 bits per heavy atom. The van der Waals surface area contributed by atoms with Gasteiger partial charge in [0.2, 0.25) is 0 Å². The molecule has 3 aromatic heterocycles. The SMILES string of the molecule is CCOP(=O)(O)OCCCCc1cn(CCCCCCCCCCCOP(=O)([O-])OP(=O)([O-])OP(=O)([O-])OP(=O)([O-])OP(=O)([O-])OP(=O)([O-])OC[C@H]2O[C@@H](n3cnc4c(N)ncnc43)C[C@H]2O)nn1. The molecule has 69 heavy (non-hydrogen) atoms. The minimum Gasteiger partial charge on any atom is -0.756 e. The van der Waals surface area contributed by atoms with Crippen molar-refractivity contribution in [2.75, 3.05) is 32.2 Å². The van der Waals surface area contributed by atoms with E-state index in [0.29, 0.717) is 38.6 Å². The van der Waals surface area contributed by atoms with Crippen molar-refractivity contribution in [3.05, 3.63) is 24.5 Å². The van der Waals surface area contributed by atoms with Crippen LogP contribution < -0.4 is 35.1 Å². The normalized spacial score (nSPS) is 22.8. The van der Waals surface area contributed by atoms with E-state index in [1.165, 1.54) is 10.9 Å². The summed E-state index contributed by atoms with van der Waals surface area (Å²) in [5.74, 6) is 0.0139. The smallest absolute Gasteiger partial charge is 0.472 e. The number of nitrogen functional groups attached to an aromatic ring is 1. The number of nitrogens with two attached hydrogens (primary N) is 1. The molecule has 0 radical (unpaired) electrons. The number of fused-ring (bicyclic) bond motifs is 1. The fraction of sp³-hybridized carbons (Fsp3) is 0.759. The van der Waals surface area contributed by atoms with E-state index in [2.05, 4.69) is 60.4 Å². The topological polar surface area (TPSA) is 491 Å². The van der Waals surface area contributed by atoms with Crippen LogP contribution in [0.2, 0.25) is 0 Å². The third kappa shape index (κ3) is 22.2. The average Bonchev–Trinajstić information content (AvgIpc) is 3.93. The third-order valence-corrected chi connectivity index (χ3v) is 19.1. The van der Waals surface area contributed by atoms with Gasteiger partial charge in [0, 0.05) is 19.2 Å². The lowest BCUT2D eigenvalue weighted by Gasteiger charge is -2.38. The highest BCUT2D eigenvalue weighted by atomic mass is 31.3. The van der Waals surface area contributed by atoms with Crippen LogP contribution in [0.4, 0.5) is 5.82 Å². The molecule has 1 saturated heterocycles. The van der Waals surface area contributed by atoms with E-state index in [0.717, 1.165) is 50.5 Å². The molecular weight excluding hydrogens is 1080 g/mol. The molecule has 33 nitrogen and oxygen atoms in total. The molecular formula is C29H49N8O25P7-6. The zero-order valence-corrected chi connectivity index (χ0v) is 42.6. The van der Waals surface area contributed by atoms with Crippen LogP contribution in [-0.4, -0.2) is 83.1 Å². The molecule has 4 N–H and O–H groups in total. The van der Waals surface area contributed by atoms with E-state index in [9.17, 15) is 71.3 Å². The van der Waals surface area contributed by atoms with Gasteiger partial charge in [-0.1, -0.05) is 50.2 Å². The van der Waals surface area contributed by atoms with Gasteiger partial charge in [-0.05, 0) is 39.0 Å². The van der Waals surface area contributed by atoms with E-state index in [4.69, 9.17) is 15.0 Å². The molecule has 0 spiro atoms. The summed E-state index contributed by atoms with van der Waals surface area (Å²) in [6.07, 6.45) is 8.32.